The molecule has 0 spiro atoms. The summed E-state index contributed by atoms with van der Waals surface area (Å²) >= 11 is 0. The molecular weight excluding hydrogens is 218 g/mol. The molecule has 0 atom stereocenters. The van der Waals surface area contributed by atoms with Gasteiger partial charge in [0.2, 0.25) is 5.91 Å². The molecule has 0 radical (unpaired) electrons. The Morgan fingerprint density at radius 2 is 2.47 bits per heavy atom. The lowest BCUT2D eigenvalue weighted by Gasteiger charge is -2.14. The Hall–Kier alpha value is -1.36. The average molecular weight is 235 g/mol. The number of rotatable bonds is 4. The summed E-state index contributed by atoms with van der Waals surface area (Å²) in [6.07, 6.45) is 4.91. The number of nitrogens with one attached hydrogen (secondary N) is 1. The van der Waals surface area contributed by atoms with Gasteiger partial charge in [0.25, 0.3) is 0 Å². The van der Waals surface area contributed by atoms with E-state index in [0.717, 1.165) is 32.4 Å². The first kappa shape index (κ1) is 10.8. The number of fused-ring (bicyclic) bond motifs is 1. The van der Waals surface area contributed by atoms with E-state index < -0.39 is 0 Å². The highest BCUT2D eigenvalue weighted by molar-refractivity contribution is 5.80. The van der Waals surface area contributed by atoms with Crippen molar-refractivity contribution in [2.45, 2.75) is 32.4 Å². The van der Waals surface area contributed by atoms with Gasteiger partial charge in [0.1, 0.15) is 0 Å². The third kappa shape index (κ3) is 2.34. The van der Waals surface area contributed by atoms with Crippen LogP contribution in [0, 0.1) is 5.92 Å². The first-order valence-corrected chi connectivity index (χ1v) is 6.23. The molecule has 2 aliphatic rings. The Bertz CT molecular complexity index is 423. The molecule has 1 fully saturated rings. The topological polar surface area (TPSA) is 56.2 Å². The van der Waals surface area contributed by atoms with Crippen molar-refractivity contribution in [3.8, 4) is 0 Å². The normalized spacial score (nSPS) is 18.8. The molecule has 1 aliphatic heterocycles. The average Bonchev–Trinajstić information content (AvgIpc) is 3.12. The van der Waals surface area contributed by atoms with E-state index in [2.05, 4.69) is 10.4 Å². The molecule has 0 unspecified atom stereocenters. The minimum absolute atomic E-state index is 0.203. The third-order valence-electron chi connectivity index (χ3n) is 3.35. The third-order valence-corrected chi connectivity index (χ3v) is 3.35. The van der Waals surface area contributed by atoms with Crippen molar-refractivity contribution in [1.29, 1.82) is 0 Å². The molecule has 0 saturated heterocycles. The second-order valence-electron chi connectivity index (χ2n) is 4.71. The van der Waals surface area contributed by atoms with Crippen molar-refractivity contribution in [3.63, 3.8) is 0 Å². The van der Waals surface area contributed by atoms with Crippen LogP contribution >= 0.6 is 0 Å². The zero-order valence-corrected chi connectivity index (χ0v) is 9.82. The van der Waals surface area contributed by atoms with Crippen molar-refractivity contribution >= 4 is 5.91 Å². The van der Waals surface area contributed by atoms with Crippen molar-refractivity contribution in [2.75, 3.05) is 13.2 Å². The summed E-state index contributed by atoms with van der Waals surface area (Å²) in [7, 11) is 0. The quantitative estimate of drug-likeness (QED) is 0.826. The van der Waals surface area contributed by atoms with Crippen molar-refractivity contribution in [3.05, 3.63) is 17.5 Å². The lowest BCUT2D eigenvalue weighted by atomic mass is 10.2. The predicted octanol–water partition coefficient (Wildman–Crippen LogP) is 0.482. The van der Waals surface area contributed by atoms with E-state index in [-0.39, 0.29) is 11.8 Å². The lowest BCUT2D eigenvalue weighted by molar-refractivity contribution is -0.122. The van der Waals surface area contributed by atoms with E-state index in [1.165, 1.54) is 11.3 Å². The summed E-state index contributed by atoms with van der Waals surface area (Å²) in [5.74, 6) is 0.490. The van der Waals surface area contributed by atoms with Crippen LogP contribution in [0.2, 0.25) is 0 Å². The first-order valence-electron chi connectivity index (χ1n) is 6.23. The van der Waals surface area contributed by atoms with Gasteiger partial charge in [-0.2, -0.15) is 5.10 Å². The maximum atomic E-state index is 11.5. The van der Waals surface area contributed by atoms with Crippen LogP contribution in [0.5, 0.6) is 0 Å². The highest BCUT2D eigenvalue weighted by atomic mass is 16.5. The maximum Gasteiger partial charge on any atom is 0.223 e. The van der Waals surface area contributed by atoms with E-state index in [1.54, 1.807) is 0 Å². The SMILES string of the molecule is O=C(NCCn1ncc2c1CCOC2)C1CC1. The minimum atomic E-state index is 0.203. The Morgan fingerprint density at radius 1 is 1.59 bits per heavy atom. The van der Waals surface area contributed by atoms with Crippen LogP contribution in [-0.4, -0.2) is 28.8 Å². The van der Waals surface area contributed by atoms with E-state index in [1.807, 2.05) is 10.9 Å². The van der Waals surface area contributed by atoms with Gasteiger partial charge >= 0.3 is 0 Å². The summed E-state index contributed by atoms with van der Waals surface area (Å²) in [5.41, 5.74) is 2.45. The van der Waals surface area contributed by atoms with Gasteiger partial charge in [-0.25, -0.2) is 0 Å². The number of carbonyl (C=O) groups is 1. The second kappa shape index (κ2) is 4.49. The van der Waals surface area contributed by atoms with Crippen LogP contribution in [0.3, 0.4) is 0 Å². The zero-order valence-electron chi connectivity index (χ0n) is 9.82. The zero-order chi connectivity index (χ0) is 11.7. The molecule has 17 heavy (non-hydrogen) atoms. The van der Waals surface area contributed by atoms with Crippen LogP contribution in [0.15, 0.2) is 6.20 Å². The molecule has 5 heteroatoms. The molecule has 92 valence electrons. The number of nitrogens with zero attached hydrogens (tertiary/aromatic N) is 2. The van der Waals surface area contributed by atoms with Crippen molar-refractivity contribution in [1.82, 2.24) is 15.1 Å². The fourth-order valence-electron chi connectivity index (χ4n) is 2.18. The molecular formula is C12H17N3O2. The summed E-state index contributed by atoms with van der Waals surface area (Å²) in [5, 5.41) is 7.30. The van der Waals surface area contributed by atoms with Gasteiger partial charge in [-0.1, -0.05) is 0 Å². The Morgan fingerprint density at radius 3 is 3.29 bits per heavy atom. The van der Waals surface area contributed by atoms with Crippen LogP contribution < -0.4 is 5.32 Å². The largest absolute Gasteiger partial charge is 0.376 e. The molecule has 1 aliphatic carbocycles. The highest BCUT2D eigenvalue weighted by Gasteiger charge is 2.29. The van der Waals surface area contributed by atoms with Gasteiger partial charge in [0, 0.05) is 30.1 Å². The fraction of sp³-hybridized carbons (Fsp3) is 0.667. The number of hydrogen-bond donors (Lipinski definition) is 1. The van der Waals surface area contributed by atoms with Gasteiger partial charge in [-0.05, 0) is 12.8 Å². The molecule has 0 bridgehead atoms. The van der Waals surface area contributed by atoms with Crippen LogP contribution in [0.25, 0.3) is 0 Å². The predicted molar refractivity (Wildman–Crippen MR) is 61.3 cm³/mol. The first-order chi connectivity index (χ1) is 8.34. The number of carbonyl (C=O) groups excluding carboxylic acids is 1. The monoisotopic (exact) mass is 235 g/mol. The number of aromatic nitrogens is 2. The number of amides is 1. The van der Waals surface area contributed by atoms with Crippen molar-refractivity contribution < 1.29 is 9.53 Å². The maximum absolute atomic E-state index is 11.5. The Labute approximate surface area is 100 Å². The van der Waals surface area contributed by atoms with Gasteiger partial charge in [0.05, 0.1) is 26.0 Å². The van der Waals surface area contributed by atoms with Crippen LogP contribution in [-0.2, 0) is 29.1 Å². The molecule has 3 rings (SSSR count). The van der Waals surface area contributed by atoms with E-state index >= 15 is 0 Å². The summed E-state index contributed by atoms with van der Waals surface area (Å²) < 4.78 is 7.36. The molecule has 1 aromatic heterocycles. The second-order valence-corrected chi connectivity index (χ2v) is 4.71. The lowest BCUT2D eigenvalue weighted by Crippen LogP contribution is -2.29. The van der Waals surface area contributed by atoms with E-state index in [4.69, 9.17) is 4.74 Å². The summed E-state index contributed by atoms with van der Waals surface area (Å²) in [6, 6.07) is 0. The smallest absolute Gasteiger partial charge is 0.223 e. The van der Waals surface area contributed by atoms with Crippen molar-refractivity contribution in [2.24, 2.45) is 5.92 Å². The van der Waals surface area contributed by atoms with E-state index in [0.29, 0.717) is 13.2 Å². The molecule has 1 saturated carbocycles. The van der Waals surface area contributed by atoms with E-state index in [9.17, 15) is 4.79 Å². The fourth-order valence-corrected chi connectivity index (χ4v) is 2.18. The van der Waals surface area contributed by atoms with Gasteiger partial charge in [-0.3, -0.25) is 9.48 Å². The molecule has 1 amide bonds. The standard InChI is InChI=1S/C12H17N3O2/c16-12(9-1-2-9)13-4-5-15-11-3-6-17-8-10(11)7-14-15/h7,9H,1-6,8H2,(H,13,16). The number of ether oxygens (including phenoxy) is 1. The Kier molecular flexibility index (Phi) is 2.84. The number of hydrogen-bond acceptors (Lipinski definition) is 3. The van der Waals surface area contributed by atoms with Gasteiger partial charge in [-0.15, -0.1) is 0 Å². The molecule has 2 heterocycles. The summed E-state index contributed by atoms with van der Waals surface area (Å²) in [6.45, 7) is 2.87. The van der Waals surface area contributed by atoms with Crippen LogP contribution in [0.1, 0.15) is 24.1 Å². The summed E-state index contributed by atoms with van der Waals surface area (Å²) in [4.78, 5) is 11.5. The highest BCUT2D eigenvalue weighted by Crippen LogP contribution is 2.28. The molecule has 5 nitrogen and oxygen atoms in total. The van der Waals surface area contributed by atoms with Gasteiger partial charge in [0.15, 0.2) is 0 Å². The molecule has 1 N–H and O–H groups in total. The minimum Gasteiger partial charge on any atom is -0.376 e. The van der Waals surface area contributed by atoms with Crippen LogP contribution in [0.4, 0.5) is 0 Å². The van der Waals surface area contributed by atoms with Gasteiger partial charge < -0.3 is 10.1 Å². The molecule has 1 aromatic rings. The Balaban J connectivity index is 1.54. The molecule has 0 aromatic carbocycles.